The Labute approximate surface area is 226 Å². The number of rotatable bonds is 7. The largest absolute Gasteiger partial charge is 0.493 e. The summed E-state index contributed by atoms with van der Waals surface area (Å²) < 4.78 is 25.3. The number of carbonyl (C=O) groups is 1. The van der Waals surface area contributed by atoms with E-state index in [9.17, 15) is 19.7 Å². The van der Waals surface area contributed by atoms with Crippen molar-refractivity contribution in [1.29, 1.82) is 10.5 Å². The van der Waals surface area contributed by atoms with Crippen LogP contribution < -0.4 is 14.8 Å². The average Bonchev–Trinajstić information content (AvgIpc) is 3.24. The highest BCUT2D eigenvalue weighted by molar-refractivity contribution is 14.1. The van der Waals surface area contributed by atoms with Gasteiger partial charge in [0, 0.05) is 4.88 Å². The Hall–Kier alpha value is -3.41. The van der Waals surface area contributed by atoms with Crippen LogP contribution in [0, 0.1) is 32.0 Å². The number of halogens is 2. The van der Waals surface area contributed by atoms with E-state index in [1.807, 2.05) is 6.07 Å². The molecule has 0 spiro atoms. The Morgan fingerprint density at radius 1 is 1.22 bits per heavy atom. The molecule has 4 rings (SSSR count). The van der Waals surface area contributed by atoms with Crippen molar-refractivity contribution in [2.45, 2.75) is 32.3 Å². The number of nitriles is 2. The third-order valence-corrected chi connectivity index (χ3v) is 7.74. The van der Waals surface area contributed by atoms with Crippen LogP contribution >= 0.6 is 33.9 Å². The van der Waals surface area contributed by atoms with Gasteiger partial charge in [-0.05, 0) is 95.3 Å². The topological polar surface area (TPSA) is 95.1 Å². The summed E-state index contributed by atoms with van der Waals surface area (Å²) in [4.78, 5) is 14.1. The van der Waals surface area contributed by atoms with Crippen molar-refractivity contribution in [1.82, 2.24) is 0 Å². The fourth-order valence-electron chi connectivity index (χ4n) is 3.96. The molecule has 1 heterocycles. The Balaban J connectivity index is 1.55. The molecule has 182 valence electrons. The van der Waals surface area contributed by atoms with E-state index in [0.29, 0.717) is 27.6 Å². The molecule has 2 aromatic carbocycles. The fourth-order valence-corrected chi connectivity index (χ4v) is 5.97. The second-order valence-electron chi connectivity index (χ2n) is 8.10. The standard InChI is InChI=1S/C27H21FIN3O3S/c1-34-23-12-17(11-22(29)25(23)35-15-16-6-8-19(28)9-7-16)10-18(13-30)26(33)32-27-21(14-31)20-4-2-3-5-24(20)36-27/h6-12H,2-5,15H2,1H3,(H,32,33)/b18-10+. The van der Waals surface area contributed by atoms with Crippen LogP contribution in [0.25, 0.3) is 6.08 Å². The van der Waals surface area contributed by atoms with Crippen LogP contribution in [-0.4, -0.2) is 13.0 Å². The number of benzene rings is 2. The van der Waals surface area contributed by atoms with Crippen LogP contribution in [0.5, 0.6) is 11.5 Å². The Bertz CT molecular complexity index is 1420. The maximum Gasteiger partial charge on any atom is 0.266 e. The first-order valence-corrected chi connectivity index (χ1v) is 13.1. The smallest absolute Gasteiger partial charge is 0.266 e. The Morgan fingerprint density at radius 2 is 1.97 bits per heavy atom. The van der Waals surface area contributed by atoms with Crippen molar-refractivity contribution in [3.8, 4) is 23.6 Å². The summed E-state index contributed by atoms with van der Waals surface area (Å²) in [6, 6.07) is 13.7. The summed E-state index contributed by atoms with van der Waals surface area (Å²) in [5.74, 6) is 0.0520. The second kappa shape index (κ2) is 11.5. The van der Waals surface area contributed by atoms with Gasteiger partial charge in [-0.3, -0.25) is 4.79 Å². The molecule has 0 radical (unpaired) electrons. The number of hydrogen-bond acceptors (Lipinski definition) is 6. The summed E-state index contributed by atoms with van der Waals surface area (Å²) in [5.41, 5.74) is 2.81. The van der Waals surface area contributed by atoms with Gasteiger partial charge in [0.1, 0.15) is 35.1 Å². The number of aryl methyl sites for hydroxylation is 1. The van der Waals surface area contributed by atoms with E-state index in [-0.39, 0.29) is 18.0 Å². The zero-order valence-electron chi connectivity index (χ0n) is 19.4. The first-order chi connectivity index (χ1) is 17.4. The van der Waals surface area contributed by atoms with E-state index in [0.717, 1.165) is 45.3 Å². The van der Waals surface area contributed by atoms with Crippen molar-refractivity contribution in [3.05, 3.63) is 78.5 Å². The molecule has 0 bridgehead atoms. The molecule has 6 nitrogen and oxygen atoms in total. The van der Waals surface area contributed by atoms with Crippen molar-refractivity contribution < 1.29 is 18.7 Å². The molecule has 0 atom stereocenters. The van der Waals surface area contributed by atoms with Crippen LogP contribution in [0.3, 0.4) is 0 Å². The molecule has 0 saturated carbocycles. The lowest BCUT2D eigenvalue weighted by atomic mass is 9.96. The van der Waals surface area contributed by atoms with Gasteiger partial charge in [-0.2, -0.15) is 10.5 Å². The van der Waals surface area contributed by atoms with Crippen LogP contribution in [-0.2, 0) is 24.2 Å². The van der Waals surface area contributed by atoms with Crippen molar-refractivity contribution >= 4 is 50.9 Å². The van der Waals surface area contributed by atoms with Crippen molar-refractivity contribution in [2.24, 2.45) is 0 Å². The molecule has 0 aliphatic heterocycles. The van der Waals surface area contributed by atoms with E-state index < -0.39 is 5.91 Å². The van der Waals surface area contributed by atoms with Gasteiger partial charge in [-0.1, -0.05) is 12.1 Å². The first kappa shape index (κ1) is 25.7. The van der Waals surface area contributed by atoms with Gasteiger partial charge in [0.05, 0.1) is 16.2 Å². The summed E-state index contributed by atoms with van der Waals surface area (Å²) in [7, 11) is 1.50. The minimum Gasteiger partial charge on any atom is -0.493 e. The quantitative estimate of drug-likeness (QED) is 0.190. The normalized spacial score (nSPS) is 12.8. The summed E-state index contributed by atoms with van der Waals surface area (Å²) in [6.45, 7) is 0.222. The fraction of sp³-hybridized carbons (Fsp3) is 0.222. The minimum absolute atomic E-state index is 0.0944. The SMILES string of the molecule is COc1cc(/C=C(\C#N)C(=O)Nc2sc3c(c2C#N)CCCC3)cc(I)c1OCc1ccc(F)cc1. The molecule has 0 fully saturated rings. The number of carbonyl (C=O) groups excluding carboxylic acids is 1. The molecule has 1 aliphatic rings. The summed E-state index contributed by atoms with van der Waals surface area (Å²) in [6.07, 6.45) is 5.31. The predicted molar refractivity (Wildman–Crippen MR) is 144 cm³/mol. The van der Waals surface area contributed by atoms with Crippen molar-refractivity contribution in [2.75, 3.05) is 12.4 Å². The molecular formula is C27H21FIN3O3S. The molecule has 3 aromatic rings. The summed E-state index contributed by atoms with van der Waals surface area (Å²) >= 11 is 3.51. The average molecular weight is 613 g/mol. The van der Waals surface area contributed by atoms with Gasteiger partial charge in [0.2, 0.25) is 0 Å². The van der Waals surface area contributed by atoms with Gasteiger partial charge < -0.3 is 14.8 Å². The molecule has 9 heteroatoms. The zero-order valence-corrected chi connectivity index (χ0v) is 22.3. The van der Waals surface area contributed by atoms with E-state index >= 15 is 0 Å². The van der Waals surface area contributed by atoms with Crippen LogP contribution in [0.15, 0.2) is 42.0 Å². The lowest BCUT2D eigenvalue weighted by Gasteiger charge is -2.14. The van der Waals surface area contributed by atoms with Crippen LogP contribution in [0.4, 0.5) is 9.39 Å². The number of amides is 1. The Morgan fingerprint density at radius 3 is 2.67 bits per heavy atom. The highest BCUT2D eigenvalue weighted by atomic mass is 127. The van der Waals surface area contributed by atoms with Crippen LogP contribution in [0.2, 0.25) is 0 Å². The monoisotopic (exact) mass is 613 g/mol. The number of hydrogen-bond donors (Lipinski definition) is 1. The number of methoxy groups -OCH3 is 1. The van der Waals surface area contributed by atoms with Crippen molar-refractivity contribution in [3.63, 3.8) is 0 Å². The summed E-state index contributed by atoms with van der Waals surface area (Å²) in [5, 5.41) is 22.6. The molecule has 36 heavy (non-hydrogen) atoms. The highest BCUT2D eigenvalue weighted by Crippen LogP contribution is 2.38. The van der Waals surface area contributed by atoms with Gasteiger partial charge >= 0.3 is 0 Å². The van der Waals surface area contributed by atoms with E-state index in [2.05, 4.69) is 34.0 Å². The van der Waals surface area contributed by atoms with E-state index in [1.165, 1.54) is 36.7 Å². The van der Waals surface area contributed by atoms with Gasteiger partial charge in [-0.25, -0.2) is 4.39 Å². The molecular weight excluding hydrogens is 592 g/mol. The van der Waals surface area contributed by atoms with Gasteiger partial charge in [0.15, 0.2) is 11.5 Å². The number of ether oxygens (including phenoxy) is 2. The van der Waals surface area contributed by atoms with E-state index in [1.54, 1.807) is 24.3 Å². The number of fused-ring (bicyclic) bond motifs is 1. The van der Waals surface area contributed by atoms with Gasteiger partial charge in [-0.15, -0.1) is 11.3 Å². The first-order valence-electron chi connectivity index (χ1n) is 11.2. The molecule has 1 amide bonds. The lowest BCUT2D eigenvalue weighted by molar-refractivity contribution is -0.112. The number of thiophene rings is 1. The van der Waals surface area contributed by atoms with Crippen LogP contribution in [0.1, 0.15) is 40.0 Å². The molecule has 1 N–H and O–H groups in total. The third kappa shape index (κ3) is 5.69. The number of nitrogens with one attached hydrogen (secondary N) is 1. The molecule has 1 aromatic heterocycles. The molecule has 1 aliphatic carbocycles. The number of nitrogens with zero attached hydrogens (tertiary/aromatic N) is 2. The highest BCUT2D eigenvalue weighted by Gasteiger charge is 2.23. The predicted octanol–water partition coefficient (Wildman–Crippen LogP) is 6.38. The van der Waals surface area contributed by atoms with Gasteiger partial charge in [0.25, 0.3) is 5.91 Å². The lowest BCUT2D eigenvalue weighted by Crippen LogP contribution is -2.13. The minimum atomic E-state index is -0.571. The molecule has 0 unspecified atom stereocenters. The zero-order chi connectivity index (χ0) is 25.7. The third-order valence-electron chi connectivity index (χ3n) is 5.73. The Kier molecular flexibility index (Phi) is 8.24. The maximum atomic E-state index is 13.1. The maximum absolute atomic E-state index is 13.1. The van der Waals surface area contributed by atoms with E-state index in [4.69, 9.17) is 9.47 Å². The number of anilines is 1. The molecule has 0 saturated heterocycles. The second-order valence-corrected chi connectivity index (χ2v) is 10.4.